The fourth-order valence-electron chi connectivity index (χ4n) is 2.61. The Morgan fingerprint density at radius 1 is 1.17 bits per heavy atom. The highest BCUT2D eigenvalue weighted by atomic mass is 16.5. The summed E-state index contributed by atoms with van der Waals surface area (Å²) >= 11 is 0. The third kappa shape index (κ3) is 3.93. The zero-order valence-corrected chi connectivity index (χ0v) is 13.7. The Labute approximate surface area is 141 Å². The molecule has 1 heterocycles. The van der Waals surface area contributed by atoms with Crippen LogP contribution in [0.4, 0.5) is 0 Å². The average Bonchev–Trinajstić information content (AvgIpc) is 3.02. The van der Waals surface area contributed by atoms with Gasteiger partial charge in [0, 0.05) is 6.42 Å². The van der Waals surface area contributed by atoms with Gasteiger partial charge in [-0.1, -0.05) is 30.3 Å². The summed E-state index contributed by atoms with van der Waals surface area (Å²) in [4.78, 5) is 19.7. The molecular weight excluding hydrogens is 302 g/mol. The van der Waals surface area contributed by atoms with Crippen LogP contribution < -0.4 is 10.1 Å². The molecule has 0 atom stereocenters. The van der Waals surface area contributed by atoms with E-state index in [2.05, 4.69) is 15.3 Å². The largest absolute Gasteiger partial charge is 0.494 e. The molecule has 2 aromatic carbocycles. The van der Waals surface area contributed by atoms with Crippen LogP contribution in [-0.2, 0) is 17.8 Å². The highest BCUT2D eigenvalue weighted by Crippen LogP contribution is 2.19. The van der Waals surface area contributed by atoms with Gasteiger partial charge in [0.25, 0.3) is 0 Å². The van der Waals surface area contributed by atoms with Crippen molar-refractivity contribution in [1.29, 1.82) is 0 Å². The average molecular weight is 323 g/mol. The van der Waals surface area contributed by atoms with Crippen molar-refractivity contribution in [2.75, 3.05) is 6.61 Å². The molecule has 0 radical (unpaired) electrons. The first kappa shape index (κ1) is 16.1. The fourth-order valence-corrected chi connectivity index (χ4v) is 2.61. The van der Waals surface area contributed by atoms with Crippen molar-refractivity contribution in [2.45, 2.75) is 26.3 Å². The van der Waals surface area contributed by atoms with Gasteiger partial charge in [0.15, 0.2) is 0 Å². The molecule has 5 nitrogen and oxygen atoms in total. The van der Waals surface area contributed by atoms with Gasteiger partial charge in [-0.05, 0) is 37.1 Å². The summed E-state index contributed by atoms with van der Waals surface area (Å²) < 4.78 is 5.59. The van der Waals surface area contributed by atoms with Gasteiger partial charge in [0.2, 0.25) is 5.91 Å². The Morgan fingerprint density at radius 3 is 2.79 bits per heavy atom. The van der Waals surface area contributed by atoms with Crippen LogP contribution in [0.1, 0.15) is 24.7 Å². The van der Waals surface area contributed by atoms with Gasteiger partial charge < -0.3 is 15.0 Å². The first-order valence-electron chi connectivity index (χ1n) is 8.17. The highest BCUT2D eigenvalue weighted by Gasteiger charge is 2.08. The molecule has 24 heavy (non-hydrogen) atoms. The molecule has 0 bridgehead atoms. The summed E-state index contributed by atoms with van der Waals surface area (Å²) in [5, 5.41) is 2.91. The molecule has 1 amide bonds. The molecule has 0 aliphatic carbocycles. The predicted molar refractivity (Wildman–Crippen MR) is 93.9 cm³/mol. The Balaban J connectivity index is 1.52. The number of carbonyl (C=O) groups is 1. The van der Waals surface area contributed by atoms with Gasteiger partial charge >= 0.3 is 0 Å². The van der Waals surface area contributed by atoms with Crippen molar-refractivity contribution in [3.05, 3.63) is 59.9 Å². The molecule has 0 spiro atoms. The smallest absolute Gasteiger partial charge is 0.220 e. The highest BCUT2D eigenvalue weighted by molar-refractivity contribution is 5.77. The molecule has 0 aliphatic rings. The van der Waals surface area contributed by atoms with Gasteiger partial charge in [-0.2, -0.15) is 0 Å². The van der Waals surface area contributed by atoms with Gasteiger partial charge in [-0.3, -0.25) is 4.79 Å². The van der Waals surface area contributed by atoms with Crippen molar-refractivity contribution < 1.29 is 9.53 Å². The molecule has 3 rings (SSSR count). The van der Waals surface area contributed by atoms with E-state index in [1.165, 1.54) is 0 Å². The number of nitrogens with zero attached hydrogens (tertiary/aromatic N) is 1. The van der Waals surface area contributed by atoms with Gasteiger partial charge in [-0.15, -0.1) is 0 Å². The van der Waals surface area contributed by atoms with E-state index in [0.717, 1.165) is 28.2 Å². The number of ether oxygens (including phenoxy) is 1. The molecule has 0 unspecified atom stereocenters. The third-order valence-corrected chi connectivity index (χ3v) is 3.79. The number of imidazole rings is 1. The lowest BCUT2D eigenvalue weighted by molar-refractivity contribution is -0.121. The maximum atomic E-state index is 12.1. The molecule has 0 saturated carbocycles. The monoisotopic (exact) mass is 323 g/mol. The van der Waals surface area contributed by atoms with Crippen molar-refractivity contribution >= 4 is 16.9 Å². The van der Waals surface area contributed by atoms with Crippen LogP contribution in [0.2, 0.25) is 0 Å². The minimum absolute atomic E-state index is 0.00163. The van der Waals surface area contributed by atoms with E-state index in [0.29, 0.717) is 26.0 Å². The molecule has 124 valence electrons. The SMILES string of the molecule is CCOc1ccccc1CCC(=O)NCc1nc2ccccc2[nH]1. The zero-order chi connectivity index (χ0) is 16.8. The number of hydrogen-bond acceptors (Lipinski definition) is 3. The topological polar surface area (TPSA) is 67.0 Å². The maximum absolute atomic E-state index is 12.1. The van der Waals surface area contributed by atoms with Crippen molar-refractivity contribution in [3.63, 3.8) is 0 Å². The molecule has 0 aliphatic heterocycles. The van der Waals surface area contributed by atoms with E-state index in [4.69, 9.17) is 4.74 Å². The first-order chi connectivity index (χ1) is 11.8. The number of aromatic nitrogens is 2. The number of para-hydroxylation sites is 3. The lowest BCUT2D eigenvalue weighted by Gasteiger charge is -2.09. The minimum atomic E-state index is 0.00163. The molecule has 3 aromatic rings. The second-order valence-electron chi connectivity index (χ2n) is 5.52. The second-order valence-corrected chi connectivity index (χ2v) is 5.52. The Kier molecular flexibility index (Phi) is 5.11. The summed E-state index contributed by atoms with van der Waals surface area (Å²) in [6, 6.07) is 15.7. The van der Waals surface area contributed by atoms with Crippen molar-refractivity contribution in [2.24, 2.45) is 0 Å². The number of benzene rings is 2. The van der Waals surface area contributed by atoms with E-state index in [1.807, 2.05) is 55.5 Å². The summed E-state index contributed by atoms with van der Waals surface area (Å²) in [6.07, 6.45) is 1.08. The van der Waals surface area contributed by atoms with Crippen LogP contribution in [0.5, 0.6) is 5.75 Å². The second kappa shape index (κ2) is 7.64. The van der Waals surface area contributed by atoms with Crippen molar-refractivity contribution in [3.8, 4) is 5.75 Å². The van der Waals surface area contributed by atoms with E-state index in [-0.39, 0.29) is 5.91 Å². The number of aromatic amines is 1. The predicted octanol–water partition coefficient (Wildman–Crippen LogP) is 3.21. The number of aryl methyl sites for hydroxylation is 1. The molecule has 5 heteroatoms. The lowest BCUT2D eigenvalue weighted by atomic mass is 10.1. The number of H-pyrrole nitrogens is 1. The molecule has 1 aromatic heterocycles. The first-order valence-corrected chi connectivity index (χ1v) is 8.17. The molecule has 2 N–H and O–H groups in total. The number of rotatable bonds is 7. The van der Waals surface area contributed by atoms with Crippen LogP contribution in [0.15, 0.2) is 48.5 Å². The van der Waals surface area contributed by atoms with E-state index < -0.39 is 0 Å². The lowest BCUT2D eigenvalue weighted by Crippen LogP contribution is -2.23. The van der Waals surface area contributed by atoms with E-state index in [1.54, 1.807) is 0 Å². The summed E-state index contributed by atoms with van der Waals surface area (Å²) in [7, 11) is 0. The van der Waals surface area contributed by atoms with Crippen LogP contribution in [-0.4, -0.2) is 22.5 Å². The van der Waals surface area contributed by atoms with Crippen LogP contribution in [0.25, 0.3) is 11.0 Å². The molecule has 0 saturated heterocycles. The van der Waals surface area contributed by atoms with E-state index in [9.17, 15) is 4.79 Å². The van der Waals surface area contributed by atoms with Crippen LogP contribution >= 0.6 is 0 Å². The summed E-state index contributed by atoms with van der Waals surface area (Å²) in [6.45, 7) is 2.98. The Morgan fingerprint density at radius 2 is 1.96 bits per heavy atom. The van der Waals surface area contributed by atoms with Crippen molar-refractivity contribution in [1.82, 2.24) is 15.3 Å². The maximum Gasteiger partial charge on any atom is 0.220 e. The molecular formula is C19H21N3O2. The minimum Gasteiger partial charge on any atom is -0.494 e. The fraction of sp³-hybridized carbons (Fsp3) is 0.263. The van der Waals surface area contributed by atoms with Gasteiger partial charge in [-0.25, -0.2) is 4.98 Å². The number of fused-ring (bicyclic) bond motifs is 1. The number of nitrogens with one attached hydrogen (secondary N) is 2. The number of carbonyl (C=O) groups excluding carboxylic acids is 1. The molecule has 0 fully saturated rings. The zero-order valence-electron chi connectivity index (χ0n) is 13.7. The normalized spacial score (nSPS) is 10.7. The number of hydrogen-bond donors (Lipinski definition) is 2. The van der Waals surface area contributed by atoms with Gasteiger partial charge in [0.05, 0.1) is 24.2 Å². The Hall–Kier alpha value is -2.82. The van der Waals surface area contributed by atoms with Gasteiger partial charge in [0.1, 0.15) is 11.6 Å². The summed E-state index contributed by atoms with van der Waals surface area (Å²) in [5.41, 5.74) is 2.94. The quantitative estimate of drug-likeness (QED) is 0.701. The van der Waals surface area contributed by atoms with E-state index >= 15 is 0 Å². The number of amides is 1. The van der Waals surface area contributed by atoms with Crippen LogP contribution in [0.3, 0.4) is 0 Å². The Bertz CT molecular complexity index is 793. The van der Waals surface area contributed by atoms with Crippen LogP contribution in [0, 0.1) is 0 Å². The standard InChI is InChI=1S/C19H21N3O2/c1-2-24-17-10-6-3-7-14(17)11-12-19(23)20-13-18-21-15-8-4-5-9-16(15)22-18/h3-10H,2,11-13H2,1H3,(H,20,23)(H,21,22). The third-order valence-electron chi connectivity index (χ3n) is 3.79. The summed E-state index contributed by atoms with van der Waals surface area (Å²) in [5.74, 6) is 1.62.